The van der Waals surface area contributed by atoms with Crippen molar-refractivity contribution >= 4 is 35.3 Å². The number of esters is 1. The fourth-order valence-corrected chi connectivity index (χ4v) is 8.41. The van der Waals surface area contributed by atoms with Crippen molar-refractivity contribution in [1.82, 2.24) is 35.4 Å². The first kappa shape index (κ1) is 51.3. The highest BCUT2D eigenvalue weighted by molar-refractivity contribution is 5.98. The van der Waals surface area contributed by atoms with Crippen LogP contribution >= 0.6 is 0 Å². The quantitative estimate of drug-likeness (QED) is 0.0514. The lowest BCUT2D eigenvalue weighted by Crippen LogP contribution is -2.56. The third kappa shape index (κ3) is 14.9. The Hall–Kier alpha value is -6.10. The molecule has 4 aromatic rings. The smallest absolute Gasteiger partial charge is 0.339 e. The number of rotatable bonds is 25. The van der Waals surface area contributed by atoms with Gasteiger partial charge in [0.15, 0.2) is 18.3 Å². The molecule has 2 N–H and O–H groups in total. The van der Waals surface area contributed by atoms with Gasteiger partial charge < -0.3 is 24.8 Å². The third-order valence-electron chi connectivity index (χ3n) is 12.3. The molecule has 0 unspecified atom stereocenters. The SMILES string of the molecule is CC(C)C[C@H](NC(=O)[C@H](CCc1ccccc1)N(COC(=O)c1cccc(-c2cn(C)nn2)c1)C(=O)CN1CCOCC1)C(=O)C[C@@H](Cc1ccccc1)C(=O)N[C@@H](CC(C)C)C(=O)[C@@]1(C)CO1. The molecule has 2 aliphatic rings. The molecule has 16 nitrogen and oxygen atoms in total. The fraction of sp³-hybridized carbons (Fsp3) is 0.500. The van der Waals surface area contributed by atoms with Gasteiger partial charge in [0.25, 0.3) is 0 Å². The molecular formula is C52H67N7O9. The second-order valence-corrected chi connectivity index (χ2v) is 19.0. The lowest BCUT2D eigenvalue weighted by atomic mass is 9.87. The molecule has 5 atom stereocenters. The number of morpholine rings is 1. The highest BCUT2D eigenvalue weighted by atomic mass is 16.6. The highest BCUT2D eigenvalue weighted by Gasteiger charge is 2.50. The van der Waals surface area contributed by atoms with Crippen LogP contribution in [0.4, 0.5) is 0 Å². The predicted octanol–water partition coefficient (Wildman–Crippen LogP) is 5.00. The zero-order valence-electron chi connectivity index (χ0n) is 40.2. The fourth-order valence-electron chi connectivity index (χ4n) is 8.41. The van der Waals surface area contributed by atoms with Crippen LogP contribution in [0.5, 0.6) is 0 Å². The van der Waals surface area contributed by atoms with E-state index in [0.29, 0.717) is 50.4 Å². The van der Waals surface area contributed by atoms with Gasteiger partial charge in [-0.2, -0.15) is 0 Å². The molecule has 0 bridgehead atoms. The van der Waals surface area contributed by atoms with E-state index in [1.807, 2.05) is 93.3 Å². The Morgan fingerprint density at radius 1 is 0.824 bits per heavy atom. The summed E-state index contributed by atoms with van der Waals surface area (Å²) in [6.07, 6.45) is 2.88. The van der Waals surface area contributed by atoms with Crippen LogP contribution in [-0.2, 0) is 58.1 Å². The van der Waals surface area contributed by atoms with E-state index in [2.05, 4.69) is 20.9 Å². The van der Waals surface area contributed by atoms with Crippen molar-refractivity contribution in [2.45, 2.75) is 96.9 Å². The van der Waals surface area contributed by atoms with Crippen LogP contribution < -0.4 is 10.6 Å². The van der Waals surface area contributed by atoms with Crippen molar-refractivity contribution in [2.75, 3.05) is 46.2 Å². The van der Waals surface area contributed by atoms with Gasteiger partial charge in [-0.1, -0.05) is 106 Å². The van der Waals surface area contributed by atoms with Gasteiger partial charge in [-0.3, -0.25) is 38.5 Å². The summed E-state index contributed by atoms with van der Waals surface area (Å²) in [6.45, 7) is 11.1. The first-order valence-electron chi connectivity index (χ1n) is 23.7. The largest absolute Gasteiger partial charge is 0.441 e. The minimum Gasteiger partial charge on any atom is -0.441 e. The Morgan fingerprint density at radius 3 is 2.07 bits per heavy atom. The standard InChI is InChI=1S/C52H67N7O9/c1-35(2)26-42(46(60)30-41(28-38-16-11-8-12-17-38)49(63)54-43(27-36(3)4)48(62)52(5)33-68-52)53-50(64)45(21-20-37-14-9-7-10-15-37)59(47(61)32-58-22-24-66-25-23-58)34-67-51(65)40-19-13-18-39(29-40)44-31-57(6)56-55-44/h7-19,29,31,35-36,41-43,45H,20-28,30,32-34H2,1-6H3,(H,53,64)(H,54,63)/t41-,42+,43+,45+,52-/m1/s1. The lowest BCUT2D eigenvalue weighted by Gasteiger charge is -2.34. The summed E-state index contributed by atoms with van der Waals surface area (Å²) in [5, 5.41) is 14.1. The van der Waals surface area contributed by atoms with Crippen LogP contribution in [0.25, 0.3) is 11.3 Å². The molecule has 2 fully saturated rings. The third-order valence-corrected chi connectivity index (χ3v) is 12.3. The monoisotopic (exact) mass is 934 g/mol. The maximum atomic E-state index is 15.0. The van der Waals surface area contributed by atoms with Gasteiger partial charge in [-0.15, -0.1) is 5.10 Å². The second-order valence-electron chi connectivity index (χ2n) is 19.0. The van der Waals surface area contributed by atoms with E-state index in [1.165, 1.54) is 4.90 Å². The van der Waals surface area contributed by atoms with Crippen molar-refractivity contribution < 1.29 is 43.0 Å². The number of amides is 3. The minimum atomic E-state index is -1.18. The van der Waals surface area contributed by atoms with Gasteiger partial charge >= 0.3 is 5.97 Å². The number of ether oxygens (including phenoxy) is 3. The van der Waals surface area contributed by atoms with Crippen LogP contribution in [0, 0.1) is 17.8 Å². The number of ketones is 2. The number of Topliss-reactive ketones (excluding diaryl/α,β-unsaturated/α-hetero) is 2. The van der Waals surface area contributed by atoms with Crippen molar-refractivity contribution in [1.29, 1.82) is 0 Å². The maximum absolute atomic E-state index is 15.0. The summed E-state index contributed by atoms with van der Waals surface area (Å²) in [4.78, 5) is 89.1. The van der Waals surface area contributed by atoms with Crippen molar-refractivity contribution in [3.05, 3.63) is 108 Å². The van der Waals surface area contributed by atoms with E-state index in [1.54, 1.807) is 49.1 Å². The summed E-state index contributed by atoms with van der Waals surface area (Å²) in [5.41, 5.74) is 2.21. The van der Waals surface area contributed by atoms with Crippen LogP contribution in [0.1, 0.15) is 81.8 Å². The Balaban J connectivity index is 1.27. The molecule has 2 aliphatic heterocycles. The Bertz CT molecular complexity index is 2330. The number of hydrogen-bond acceptors (Lipinski definition) is 12. The van der Waals surface area contributed by atoms with Gasteiger partial charge in [0.2, 0.25) is 17.7 Å². The molecule has 0 spiro atoms. The van der Waals surface area contributed by atoms with E-state index < -0.39 is 60.1 Å². The van der Waals surface area contributed by atoms with E-state index in [0.717, 1.165) is 11.1 Å². The van der Waals surface area contributed by atoms with E-state index >= 15 is 0 Å². The number of carbonyl (C=O) groups is 6. The van der Waals surface area contributed by atoms with E-state index in [4.69, 9.17) is 14.2 Å². The van der Waals surface area contributed by atoms with Gasteiger partial charge in [0.1, 0.15) is 17.3 Å². The van der Waals surface area contributed by atoms with Gasteiger partial charge in [-0.05, 0) is 74.1 Å². The highest BCUT2D eigenvalue weighted by Crippen LogP contribution is 2.30. The number of benzene rings is 3. The number of aromatic nitrogens is 3. The lowest BCUT2D eigenvalue weighted by molar-refractivity contribution is -0.147. The number of epoxide rings is 1. The second kappa shape index (κ2) is 24.3. The van der Waals surface area contributed by atoms with Crippen LogP contribution in [-0.4, -0.2) is 130 Å². The number of hydrogen-bond donors (Lipinski definition) is 2. The summed E-state index contributed by atoms with van der Waals surface area (Å²) < 4.78 is 18.4. The van der Waals surface area contributed by atoms with Gasteiger partial charge in [-0.25, -0.2) is 4.79 Å². The van der Waals surface area contributed by atoms with Crippen LogP contribution in [0.3, 0.4) is 0 Å². The Kier molecular flexibility index (Phi) is 18.3. The minimum absolute atomic E-state index is 0.0570. The normalized spacial score (nSPS) is 17.7. The molecule has 364 valence electrons. The van der Waals surface area contributed by atoms with E-state index in [9.17, 15) is 28.8 Å². The molecule has 0 saturated carbocycles. The molecule has 1 aromatic heterocycles. The molecule has 3 amide bonds. The van der Waals surface area contributed by atoms with Crippen molar-refractivity contribution in [3.8, 4) is 11.3 Å². The number of nitrogens with zero attached hydrogens (tertiary/aromatic N) is 5. The maximum Gasteiger partial charge on any atom is 0.339 e. The zero-order valence-corrected chi connectivity index (χ0v) is 40.2. The topological polar surface area (TPSA) is 195 Å². The average molecular weight is 934 g/mol. The Morgan fingerprint density at radius 2 is 1.46 bits per heavy atom. The molecule has 0 aliphatic carbocycles. The molecule has 2 saturated heterocycles. The summed E-state index contributed by atoms with van der Waals surface area (Å²) >= 11 is 0. The van der Waals surface area contributed by atoms with E-state index in [-0.39, 0.29) is 67.8 Å². The summed E-state index contributed by atoms with van der Waals surface area (Å²) in [6, 6.07) is 22.6. The molecule has 3 aromatic carbocycles. The number of nitrogens with one attached hydrogen (secondary N) is 2. The first-order chi connectivity index (χ1) is 32.6. The molecule has 16 heteroatoms. The van der Waals surface area contributed by atoms with Crippen molar-refractivity contribution in [3.63, 3.8) is 0 Å². The summed E-state index contributed by atoms with van der Waals surface area (Å²) in [5.74, 6) is -3.61. The molecule has 68 heavy (non-hydrogen) atoms. The molecule has 3 heterocycles. The predicted molar refractivity (Wildman–Crippen MR) is 255 cm³/mol. The molecule has 0 radical (unpaired) electrons. The zero-order chi connectivity index (χ0) is 48.8. The number of carbonyl (C=O) groups excluding carboxylic acids is 6. The number of aryl methyl sites for hydroxylation is 2. The van der Waals surface area contributed by atoms with Gasteiger partial charge in [0, 0.05) is 38.0 Å². The average Bonchev–Trinajstić information content (AvgIpc) is 3.93. The molecule has 6 rings (SSSR count). The van der Waals surface area contributed by atoms with Crippen molar-refractivity contribution in [2.24, 2.45) is 24.8 Å². The Labute approximate surface area is 399 Å². The van der Waals surface area contributed by atoms with Crippen LogP contribution in [0.2, 0.25) is 0 Å². The first-order valence-corrected chi connectivity index (χ1v) is 23.7. The van der Waals surface area contributed by atoms with Crippen LogP contribution in [0.15, 0.2) is 91.1 Å². The molecular weight excluding hydrogens is 867 g/mol. The van der Waals surface area contributed by atoms with Gasteiger partial charge in [0.05, 0.1) is 50.2 Å². The summed E-state index contributed by atoms with van der Waals surface area (Å²) in [7, 11) is 1.74.